The molecule has 4 heteroatoms. The first-order valence-corrected chi connectivity index (χ1v) is 7.70. The zero-order valence-corrected chi connectivity index (χ0v) is 13.1. The van der Waals surface area contributed by atoms with Crippen LogP contribution >= 0.6 is 11.6 Å². The molecule has 0 aromatic heterocycles. The lowest BCUT2D eigenvalue weighted by Gasteiger charge is -2.15. The predicted molar refractivity (Wildman–Crippen MR) is 86.9 cm³/mol. The molecule has 22 heavy (non-hydrogen) atoms. The fourth-order valence-electron chi connectivity index (χ4n) is 2.71. The molecular weight excluding hydrogens is 298 g/mol. The second kappa shape index (κ2) is 6.51. The number of carbonyl (C=O) groups is 1. The minimum atomic E-state index is -0.562. The van der Waals surface area contributed by atoms with Crippen LogP contribution in [0.1, 0.15) is 29.6 Å². The largest absolute Gasteiger partial charge is 0.367 e. The summed E-state index contributed by atoms with van der Waals surface area (Å²) in [4.78, 5) is 12.4. The van der Waals surface area contributed by atoms with Crippen molar-refractivity contribution in [1.82, 2.24) is 5.32 Å². The highest BCUT2D eigenvalue weighted by atomic mass is 35.5. The SMILES string of the molecule is COC(C(=O)NC1CC1c1ccc(Cl)cc1)c1ccccc1. The second-order valence-electron chi connectivity index (χ2n) is 5.54. The highest BCUT2D eigenvalue weighted by Gasteiger charge is 2.40. The summed E-state index contributed by atoms with van der Waals surface area (Å²) in [7, 11) is 1.56. The number of hydrogen-bond donors (Lipinski definition) is 1. The average Bonchev–Trinajstić information content (AvgIpc) is 3.29. The number of carbonyl (C=O) groups excluding carboxylic acids is 1. The summed E-state index contributed by atoms with van der Waals surface area (Å²) in [6.45, 7) is 0. The summed E-state index contributed by atoms with van der Waals surface area (Å²) in [6, 6.07) is 17.5. The predicted octanol–water partition coefficient (Wildman–Crippen LogP) is 3.70. The van der Waals surface area contributed by atoms with Gasteiger partial charge in [0.1, 0.15) is 0 Å². The Labute approximate surface area is 135 Å². The Kier molecular flexibility index (Phi) is 4.46. The highest BCUT2D eigenvalue weighted by Crippen LogP contribution is 2.41. The zero-order chi connectivity index (χ0) is 15.5. The number of halogens is 1. The van der Waals surface area contributed by atoms with Gasteiger partial charge >= 0.3 is 0 Å². The molecular formula is C18H18ClNO2. The molecule has 0 heterocycles. The van der Waals surface area contributed by atoms with E-state index in [0.29, 0.717) is 5.92 Å². The van der Waals surface area contributed by atoms with Crippen LogP contribution in [0.25, 0.3) is 0 Å². The summed E-state index contributed by atoms with van der Waals surface area (Å²) in [5.74, 6) is 0.282. The number of methoxy groups -OCH3 is 1. The van der Waals surface area contributed by atoms with Gasteiger partial charge in [-0.15, -0.1) is 0 Å². The molecule has 2 aromatic rings. The number of benzene rings is 2. The van der Waals surface area contributed by atoms with Crippen molar-refractivity contribution in [3.05, 3.63) is 70.7 Å². The van der Waals surface area contributed by atoms with E-state index in [4.69, 9.17) is 16.3 Å². The molecule has 1 saturated carbocycles. The molecule has 0 spiro atoms. The van der Waals surface area contributed by atoms with Gasteiger partial charge in [0.15, 0.2) is 6.10 Å². The molecule has 0 aliphatic heterocycles. The first-order chi connectivity index (χ1) is 10.7. The Bertz CT molecular complexity index is 642. The van der Waals surface area contributed by atoms with Crippen LogP contribution in [0.2, 0.25) is 5.02 Å². The molecule has 3 nitrogen and oxygen atoms in total. The summed E-state index contributed by atoms with van der Waals surface area (Å²) < 4.78 is 5.35. The van der Waals surface area contributed by atoms with E-state index in [-0.39, 0.29) is 11.9 Å². The fourth-order valence-corrected chi connectivity index (χ4v) is 2.84. The molecule has 1 amide bonds. The first-order valence-electron chi connectivity index (χ1n) is 7.32. The van der Waals surface area contributed by atoms with E-state index in [0.717, 1.165) is 17.0 Å². The quantitative estimate of drug-likeness (QED) is 0.913. The van der Waals surface area contributed by atoms with Gasteiger partial charge in [0, 0.05) is 24.1 Å². The lowest BCUT2D eigenvalue weighted by molar-refractivity contribution is -0.131. The smallest absolute Gasteiger partial charge is 0.253 e. The third-order valence-corrected chi connectivity index (χ3v) is 4.24. The van der Waals surface area contributed by atoms with Crippen LogP contribution in [0.5, 0.6) is 0 Å². The van der Waals surface area contributed by atoms with E-state index < -0.39 is 6.10 Å². The number of hydrogen-bond acceptors (Lipinski definition) is 2. The molecule has 1 fully saturated rings. The monoisotopic (exact) mass is 315 g/mol. The maximum Gasteiger partial charge on any atom is 0.253 e. The van der Waals surface area contributed by atoms with E-state index >= 15 is 0 Å². The Hall–Kier alpha value is -1.84. The van der Waals surface area contributed by atoms with Crippen LogP contribution in [-0.2, 0) is 9.53 Å². The molecule has 3 atom stereocenters. The van der Waals surface area contributed by atoms with Crippen LogP contribution in [0.3, 0.4) is 0 Å². The third-order valence-electron chi connectivity index (χ3n) is 3.99. The molecule has 114 valence electrons. The minimum Gasteiger partial charge on any atom is -0.367 e. The van der Waals surface area contributed by atoms with E-state index in [1.54, 1.807) is 7.11 Å². The maximum atomic E-state index is 12.4. The second-order valence-corrected chi connectivity index (χ2v) is 5.97. The normalized spacial score (nSPS) is 21.2. The summed E-state index contributed by atoms with van der Waals surface area (Å²) in [6.07, 6.45) is 0.395. The molecule has 0 saturated heterocycles. The standard InChI is InChI=1S/C18H18ClNO2/c1-22-17(13-5-3-2-4-6-13)18(21)20-16-11-15(16)12-7-9-14(19)10-8-12/h2-10,15-17H,11H2,1H3,(H,20,21). The van der Waals surface area contributed by atoms with Crippen molar-refractivity contribution < 1.29 is 9.53 Å². The Morgan fingerprint density at radius 1 is 1.18 bits per heavy atom. The molecule has 0 bridgehead atoms. The van der Waals surface area contributed by atoms with Gasteiger partial charge in [-0.1, -0.05) is 54.1 Å². The molecule has 1 aliphatic rings. The Morgan fingerprint density at radius 2 is 1.86 bits per heavy atom. The van der Waals surface area contributed by atoms with Crippen molar-refractivity contribution in [2.75, 3.05) is 7.11 Å². The Balaban J connectivity index is 1.62. The number of ether oxygens (including phenoxy) is 1. The van der Waals surface area contributed by atoms with Gasteiger partial charge in [0.25, 0.3) is 5.91 Å². The molecule has 2 aromatic carbocycles. The molecule has 1 N–H and O–H groups in total. The number of rotatable bonds is 5. The zero-order valence-electron chi connectivity index (χ0n) is 12.3. The van der Waals surface area contributed by atoms with Crippen LogP contribution in [-0.4, -0.2) is 19.1 Å². The maximum absolute atomic E-state index is 12.4. The lowest BCUT2D eigenvalue weighted by Crippen LogP contribution is -2.32. The van der Waals surface area contributed by atoms with Gasteiger partial charge in [-0.2, -0.15) is 0 Å². The van der Waals surface area contributed by atoms with Gasteiger partial charge in [0.05, 0.1) is 0 Å². The summed E-state index contributed by atoms with van der Waals surface area (Å²) in [5, 5.41) is 3.80. The molecule has 1 aliphatic carbocycles. The minimum absolute atomic E-state index is 0.0878. The summed E-state index contributed by atoms with van der Waals surface area (Å²) in [5.41, 5.74) is 2.08. The van der Waals surface area contributed by atoms with Crippen LogP contribution in [0.15, 0.2) is 54.6 Å². The van der Waals surface area contributed by atoms with Crippen molar-refractivity contribution in [2.45, 2.75) is 24.5 Å². The van der Waals surface area contributed by atoms with Gasteiger partial charge in [-0.3, -0.25) is 4.79 Å². The van der Waals surface area contributed by atoms with E-state index in [1.165, 1.54) is 5.56 Å². The van der Waals surface area contributed by atoms with Gasteiger partial charge in [-0.25, -0.2) is 0 Å². The van der Waals surface area contributed by atoms with Crippen molar-refractivity contribution in [2.24, 2.45) is 0 Å². The highest BCUT2D eigenvalue weighted by molar-refractivity contribution is 6.30. The molecule has 0 radical (unpaired) electrons. The number of nitrogens with one attached hydrogen (secondary N) is 1. The van der Waals surface area contributed by atoms with Crippen molar-refractivity contribution in [3.63, 3.8) is 0 Å². The van der Waals surface area contributed by atoms with Crippen LogP contribution < -0.4 is 5.32 Å². The molecule has 3 rings (SSSR count). The van der Waals surface area contributed by atoms with Crippen molar-refractivity contribution in [3.8, 4) is 0 Å². The number of amides is 1. The Morgan fingerprint density at radius 3 is 2.50 bits per heavy atom. The summed E-state index contributed by atoms with van der Waals surface area (Å²) >= 11 is 5.90. The van der Waals surface area contributed by atoms with Crippen LogP contribution in [0.4, 0.5) is 0 Å². The third kappa shape index (κ3) is 3.32. The van der Waals surface area contributed by atoms with E-state index in [9.17, 15) is 4.79 Å². The van der Waals surface area contributed by atoms with Crippen molar-refractivity contribution >= 4 is 17.5 Å². The topological polar surface area (TPSA) is 38.3 Å². The fraction of sp³-hybridized carbons (Fsp3) is 0.278. The van der Waals surface area contributed by atoms with Gasteiger partial charge < -0.3 is 10.1 Å². The van der Waals surface area contributed by atoms with E-state index in [2.05, 4.69) is 5.32 Å². The first kappa shape index (κ1) is 15.1. The lowest BCUT2D eigenvalue weighted by atomic mass is 10.1. The average molecular weight is 316 g/mol. The van der Waals surface area contributed by atoms with E-state index in [1.807, 2.05) is 54.6 Å². The van der Waals surface area contributed by atoms with Gasteiger partial charge in [0.2, 0.25) is 0 Å². The van der Waals surface area contributed by atoms with Crippen LogP contribution in [0, 0.1) is 0 Å². The van der Waals surface area contributed by atoms with Gasteiger partial charge in [-0.05, 0) is 29.7 Å². The molecule has 3 unspecified atom stereocenters. The van der Waals surface area contributed by atoms with Crippen molar-refractivity contribution in [1.29, 1.82) is 0 Å².